The molecule has 6 heteroatoms. The van der Waals surface area contributed by atoms with Crippen LogP contribution in [0.2, 0.25) is 0 Å². The van der Waals surface area contributed by atoms with E-state index in [2.05, 4.69) is 11.1 Å². The van der Waals surface area contributed by atoms with E-state index >= 15 is 0 Å². The minimum Gasteiger partial charge on any atom is -0.383 e. The molecule has 0 bridgehead atoms. The van der Waals surface area contributed by atoms with E-state index in [-0.39, 0.29) is 11.5 Å². The van der Waals surface area contributed by atoms with Gasteiger partial charge >= 0.3 is 0 Å². The average Bonchev–Trinajstić information content (AvgIpc) is 2.46. The Morgan fingerprint density at radius 3 is 2.90 bits per heavy atom. The maximum Gasteiger partial charge on any atom is 0.276 e. The third kappa shape index (κ3) is 2.16. The summed E-state index contributed by atoms with van der Waals surface area (Å²) in [7, 11) is 0. The highest BCUT2D eigenvalue weighted by molar-refractivity contribution is 5.68. The molecule has 102 valence electrons. The van der Waals surface area contributed by atoms with Crippen LogP contribution in [0.5, 0.6) is 0 Å². The van der Waals surface area contributed by atoms with Crippen molar-refractivity contribution in [3.8, 4) is 0 Å². The highest BCUT2D eigenvalue weighted by Crippen LogP contribution is 2.34. The molecule has 0 saturated carbocycles. The summed E-state index contributed by atoms with van der Waals surface area (Å²) in [5.41, 5.74) is 7.92. The normalized spacial score (nSPS) is 13.9. The Hall–Kier alpha value is -2.63. The third-order valence-corrected chi connectivity index (χ3v) is 3.41. The van der Waals surface area contributed by atoms with Crippen molar-refractivity contribution in [3.05, 3.63) is 52.1 Å². The molecule has 0 spiro atoms. The molecule has 0 fully saturated rings. The van der Waals surface area contributed by atoms with Crippen molar-refractivity contribution in [2.45, 2.75) is 12.8 Å². The molecule has 0 amide bonds. The summed E-state index contributed by atoms with van der Waals surface area (Å²) in [4.78, 5) is 16.7. The summed E-state index contributed by atoms with van der Waals surface area (Å²) in [6.07, 6.45) is 2.00. The number of aromatic nitrogens is 1. The minimum absolute atomic E-state index is 0.0319. The van der Waals surface area contributed by atoms with Crippen LogP contribution >= 0.6 is 0 Å². The Morgan fingerprint density at radius 2 is 2.10 bits per heavy atom. The van der Waals surface area contributed by atoms with E-state index in [0.29, 0.717) is 5.82 Å². The largest absolute Gasteiger partial charge is 0.383 e. The number of pyridine rings is 1. The molecule has 0 atom stereocenters. The first kappa shape index (κ1) is 12.4. The fourth-order valence-electron chi connectivity index (χ4n) is 2.54. The number of anilines is 3. The van der Waals surface area contributed by atoms with Crippen molar-refractivity contribution >= 4 is 23.0 Å². The van der Waals surface area contributed by atoms with Gasteiger partial charge < -0.3 is 10.6 Å². The van der Waals surface area contributed by atoms with Crippen LogP contribution in [0.3, 0.4) is 0 Å². The Morgan fingerprint density at radius 1 is 1.30 bits per heavy atom. The van der Waals surface area contributed by atoms with E-state index in [4.69, 9.17) is 5.73 Å². The molecule has 0 aliphatic carbocycles. The van der Waals surface area contributed by atoms with Crippen molar-refractivity contribution in [2.75, 3.05) is 17.2 Å². The number of nitrogen functional groups attached to an aromatic ring is 1. The van der Waals surface area contributed by atoms with Crippen molar-refractivity contribution < 1.29 is 4.92 Å². The fraction of sp³-hybridized carbons (Fsp3) is 0.214. The summed E-state index contributed by atoms with van der Waals surface area (Å²) < 4.78 is 0. The second-order valence-electron chi connectivity index (χ2n) is 4.75. The summed E-state index contributed by atoms with van der Waals surface area (Å²) in [5.74, 6) is 0.695. The van der Waals surface area contributed by atoms with Crippen LogP contribution in [0.15, 0.2) is 36.4 Å². The van der Waals surface area contributed by atoms with E-state index < -0.39 is 4.92 Å². The second-order valence-corrected chi connectivity index (χ2v) is 4.75. The van der Waals surface area contributed by atoms with Crippen LogP contribution in [0.25, 0.3) is 0 Å². The SMILES string of the molecule is Nc1cc([N+](=O)[O-])cc(N2CCCc3ccccc32)n1. The summed E-state index contributed by atoms with van der Waals surface area (Å²) in [6.45, 7) is 0.782. The van der Waals surface area contributed by atoms with Crippen molar-refractivity contribution in [1.29, 1.82) is 0 Å². The Bertz CT molecular complexity index is 672. The van der Waals surface area contributed by atoms with Gasteiger partial charge in [0.15, 0.2) is 0 Å². The Kier molecular flexibility index (Phi) is 2.98. The van der Waals surface area contributed by atoms with E-state index in [1.165, 1.54) is 17.7 Å². The molecule has 1 aromatic heterocycles. The number of nitrogens with two attached hydrogens (primary N) is 1. The maximum absolute atomic E-state index is 10.9. The lowest BCUT2D eigenvalue weighted by atomic mass is 10.0. The van der Waals surface area contributed by atoms with Gasteiger partial charge in [0.2, 0.25) is 0 Å². The average molecular weight is 270 g/mol. The monoisotopic (exact) mass is 270 g/mol. The number of nitro groups is 1. The lowest BCUT2D eigenvalue weighted by Crippen LogP contribution is -2.25. The number of aryl methyl sites for hydroxylation is 1. The van der Waals surface area contributed by atoms with Gasteiger partial charge in [0.1, 0.15) is 11.6 Å². The van der Waals surface area contributed by atoms with Gasteiger partial charge in [-0.25, -0.2) is 4.98 Å². The maximum atomic E-state index is 10.9. The van der Waals surface area contributed by atoms with Gasteiger partial charge in [-0.15, -0.1) is 0 Å². The smallest absolute Gasteiger partial charge is 0.276 e. The molecule has 3 rings (SSSR count). The molecule has 0 unspecified atom stereocenters. The van der Waals surface area contributed by atoms with E-state index in [9.17, 15) is 10.1 Å². The number of benzene rings is 1. The van der Waals surface area contributed by atoms with Crippen molar-refractivity contribution in [3.63, 3.8) is 0 Å². The Balaban J connectivity index is 2.08. The molecule has 1 aliphatic heterocycles. The minimum atomic E-state index is -0.447. The molecule has 2 heterocycles. The van der Waals surface area contributed by atoms with Crippen LogP contribution in [0.1, 0.15) is 12.0 Å². The lowest BCUT2D eigenvalue weighted by molar-refractivity contribution is -0.384. The molecule has 0 saturated heterocycles. The van der Waals surface area contributed by atoms with E-state index in [1.54, 1.807) is 0 Å². The zero-order valence-corrected chi connectivity index (χ0v) is 10.8. The predicted molar refractivity (Wildman–Crippen MR) is 77.1 cm³/mol. The molecule has 20 heavy (non-hydrogen) atoms. The van der Waals surface area contributed by atoms with E-state index in [0.717, 1.165) is 25.1 Å². The molecule has 1 aliphatic rings. The molecule has 2 aromatic rings. The van der Waals surface area contributed by atoms with E-state index in [1.807, 2.05) is 23.1 Å². The second kappa shape index (κ2) is 4.80. The zero-order valence-electron chi connectivity index (χ0n) is 10.8. The number of nitrogens with zero attached hydrogens (tertiary/aromatic N) is 3. The van der Waals surface area contributed by atoms with Crippen LogP contribution < -0.4 is 10.6 Å². The van der Waals surface area contributed by atoms with Crippen LogP contribution in [0.4, 0.5) is 23.0 Å². The van der Waals surface area contributed by atoms with Crippen LogP contribution in [-0.2, 0) is 6.42 Å². The van der Waals surface area contributed by atoms with Gasteiger partial charge in [0, 0.05) is 12.2 Å². The molecule has 0 radical (unpaired) electrons. The van der Waals surface area contributed by atoms with Gasteiger partial charge in [-0.1, -0.05) is 18.2 Å². The molecular weight excluding hydrogens is 256 g/mol. The van der Waals surface area contributed by atoms with Crippen molar-refractivity contribution in [2.24, 2.45) is 0 Å². The first-order valence-electron chi connectivity index (χ1n) is 6.42. The molecule has 1 aromatic carbocycles. The number of hydrogen-bond acceptors (Lipinski definition) is 5. The van der Waals surface area contributed by atoms with Crippen LogP contribution in [-0.4, -0.2) is 16.5 Å². The molecular formula is C14H14N4O2. The third-order valence-electron chi connectivity index (χ3n) is 3.41. The summed E-state index contributed by atoms with van der Waals surface area (Å²) >= 11 is 0. The summed E-state index contributed by atoms with van der Waals surface area (Å²) in [5, 5.41) is 10.9. The standard InChI is InChI=1S/C14H14N4O2/c15-13-8-11(18(19)20)9-14(16-13)17-7-3-5-10-4-1-2-6-12(10)17/h1-2,4,6,8-9H,3,5,7H2,(H2,15,16). The number of fused-ring (bicyclic) bond motifs is 1. The lowest BCUT2D eigenvalue weighted by Gasteiger charge is -2.30. The highest BCUT2D eigenvalue weighted by atomic mass is 16.6. The van der Waals surface area contributed by atoms with Crippen molar-refractivity contribution in [1.82, 2.24) is 4.98 Å². The van der Waals surface area contributed by atoms with Crippen LogP contribution in [0, 0.1) is 10.1 Å². The number of para-hydroxylation sites is 1. The predicted octanol–water partition coefficient (Wildman–Crippen LogP) is 2.66. The van der Waals surface area contributed by atoms with Gasteiger partial charge in [-0.3, -0.25) is 10.1 Å². The van der Waals surface area contributed by atoms with Gasteiger partial charge in [0.25, 0.3) is 5.69 Å². The molecule has 2 N–H and O–H groups in total. The first-order chi connectivity index (χ1) is 9.65. The summed E-state index contributed by atoms with van der Waals surface area (Å²) in [6, 6.07) is 10.8. The van der Waals surface area contributed by atoms with Gasteiger partial charge in [-0.05, 0) is 24.5 Å². The highest BCUT2D eigenvalue weighted by Gasteiger charge is 2.21. The zero-order chi connectivity index (χ0) is 14.1. The topological polar surface area (TPSA) is 85.3 Å². The fourth-order valence-corrected chi connectivity index (χ4v) is 2.54. The van der Waals surface area contributed by atoms with Gasteiger partial charge in [0.05, 0.1) is 17.1 Å². The first-order valence-corrected chi connectivity index (χ1v) is 6.42. The number of rotatable bonds is 2. The quantitative estimate of drug-likeness (QED) is 0.669. The van der Waals surface area contributed by atoms with Gasteiger partial charge in [-0.2, -0.15) is 0 Å². The molecule has 6 nitrogen and oxygen atoms in total. The Labute approximate surface area is 116 Å². The number of hydrogen-bond donors (Lipinski definition) is 1.